The van der Waals surface area contributed by atoms with Crippen molar-refractivity contribution in [3.63, 3.8) is 0 Å². The molecule has 11 nitrogen and oxygen atoms in total. The number of amides is 1. The topological polar surface area (TPSA) is 137 Å². The van der Waals surface area contributed by atoms with Gasteiger partial charge in [-0.15, -0.1) is 0 Å². The predicted octanol–water partition coefficient (Wildman–Crippen LogP) is 6.27. The molecule has 236 valence electrons. The molecule has 0 aliphatic heterocycles. The van der Waals surface area contributed by atoms with Crippen LogP contribution in [-0.4, -0.2) is 58.4 Å². The molecule has 0 aliphatic rings. The van der Waals surface area contributed by atoms with Crippen LogP contribution in [0.1, 0.15) is 17.3 Å². The number of nitrogens with zero attached hydrogens (tertiary/aromatic N) is 3. The number of aromatic nitrogens is 2. The lowest BCUT2D eigenvalue weighted by Gasteiger charge is -2.23. The minimum atomic E-state index is -3.76. The monoisotopic (exact) mass is 644 g/mol. The van der Waals surface area contributed by atoms with E-state index in [9.17, 15) is 17.6 Å². The van der Waals surface area contributed by atoms with E-state index in [4.69, 9.17) is 18.3 Å². The lowest BCUT2D eigenvalue weighted by atomic mass is 9.96. The van der Waals surface area contributed by atoms with Gasteiger partial charge in [0.1, 0.15) is 17.2 Å². The quantitative estimate of drug-likeness (QED) is 0.193. The first-order valence-corrected chi connectivity index (χ1v) is 15.7. The molecule has 46 heavy (non-hydrogen) atoms. The van der Waals surface area contributed by atoms with Crippen molar-refractivity contribution < 1.29 is 35.9 Å². The number of benzene rings is 3. The third-order valence-corrected chi connectivity index (χ3v) is 9.43. The van der Waals surface area contributed by atoms with Gasteiger partial charge in [0.15, 0.2) is 22.7 Å². The Morgan fingerprint density at radius 3 is 2.39 bits per heavy atom. The van der Waals surface area contributed by atoms with E-state index in [1.165, 1.54) is 56.9 Å². The smallest absolute Gasteiger partial charge is 0.255 e. The highest BCUT2D eigenvalue weighted by atomic mass is 32.2. The number of anilines is 1. The second-order valence-electron chi connectivity index (χ2n) is 10.2. The number of fused-ring (bicyclic) bond motifs is 2. The zero-order valence-corrected chi connectivity index (χ0v) is 26.4. The van der Waals surface area contributed by atoms with Crippen molar-refractivity contribution in [3.8, 4) is 45.4 Å². The lowest BCUT2D eigenvalue weighted by molar-refractivity contribution is 0.0964. The van der Waals surface area contributed by atoms with Crippen LogP contribution in [0.3, 0.4) is 0 Å². The van der Waals surface area contributed by atoms with Crippen molar-refractivity contribution in [2.24, 2.45) is 0 Å². The maximum absolute atomic E-state index is 13.8. The SMILES string of the molecule is CCS(=O)(=O)N(C)c1cc2oc(-c3ccc(F)cc3)c(C(=O)NC)c2cc1-c1cc(OC)c(OC)c(-c2nc3ncccc3o2)c1. The summed E-state index contributed by atoms with van der Waals surface area (Å²) in [5.41, 5.74) is 3.40. The molecule has 0 aliphatic carbocycles. The molecular weight excluding hydrogens is 615 g/mol. The van der Waals surface area contributed by atoms with Gasteiger partial charge in [0.25, 0.3) is 5.91 Å². The summed E-state index contributed by atoms with van der Waals surface area (Å²) in [4.78, 5) is 22.1. The second kappa shape index (κ2) is 11.8. The molecular formula is C33H29FN4O7S. The molecule has 0 saturated carbocycles. The number of carbonyl (C=O) groups excluding carboxylic acids is 1. The van der Waals surface area contributed by atoms with Crippen LogP contribution in [0.2, 0.25) is 0 Å². The number of halogens is 1. The number of nitrogens with one attached hydrogen (secondary N) is 1. The van der Waals surface area contributed by atoms with E-state index >= 15 is 0 Å². The Morgan fingerprint density at radius 2 is 1.74 bits per heavy atom. The number of hydrogen-bond acceptors (Lipinski definition) is 9. The number of hydrogen-bond donors (Lipinski definition) is 1. The van der Waals surface area contributed by atoms with Crippen LogP contribution in [0.15, 0.2) is 75.7 Å². The Labute approximate surface area is 263 Å². The van der Waals surface area contributed by atoms with Crippen molar-refractivity contribution in [2.75, 3.05) is 38.4 Å². The van der Waals surface area contributed by atoms with Crippen LogP contribution in [0.4, 0.5) is 10.1 Å². The van der Waals surface area contributed by atoms with Crippen molar-refractivity contribution in [1.29, 1.82) is 0 Å². The molecule has 1 N–H and O–H groups in total. The minimum Gasteiger partial charge on any atom is -0.493 e. The zero-order chi connectivity index (χ0) is 32.7. The average Bonchev–Trinajstić information content (AvgIpc) is 3.68. The molecule has 0 fully saturated rings. The Kier molecular flexibility index (Phi) is 7.86. The number of pyridine rings is 1. The van der Waals surface area contributed by atoms with E-state index in [2.05, 4.69) is 15.3 Å². The van der Waals surface area contributed by atoms with Crippen LogP contribution in [0.5, 0.6) is 11.5 Å². The molecule has 0 spiro atoms. The Balaban J connectivity index is 1.69. The van der Waals surface area contributed by atoms with Gasteiger partial charge in [0.2, 0.25) is 15.9 Å². The molecule has 3 aromatic carbocycles. The molecule has 6 rings (SSSR count). The van der Waals surface area contributed by atoms with E-state index in [-0.39, 0.29) is 34.2 Å². The van der Waals surface area contributed by atoms with Gasteiger partial charge in [-0.1, -0.05) is 0 Å². The number of methoxy groups -OCH3 is 2. The average molecular weight is 645 g/mol. The summed E-state index contributed by atoms with van der Waals surface area (Å²) in [6, 6.07) is 15.7. The number of carbonyl (C=O) groups is 1. The van der Waals surface area contributed by atoms with E-state index in [1.54, 1.807) is 49.5 Å². The zero-order valence-electron chi connectivity index (χ0n) is 25.5. The number of rotatable bonds is 9. The number of oxazole rings is 1. The summed E-state index contributed by atoms with van der Waals surface area (Å²) in [5.74, 6) is -0.00181. The van der Waals surface area contributed by atoms with Gasteiger partial charge in [0, 0.05) is 42.9 Å². The van der Waals surface area contributed by atoms with Crippen molar-refractivity contribution in [1.82, 2.24) is 15.3 Å². The molecule has 3 heterocycles. The molecule has 6 aromatic rings. The van der Waals surface area contributed by atoms with Crippen molar-refractivity contribution in [2.45, 2.75) is 6.92 Å². The third-order valence-electron chi connectivity index (χ3n) is 7.67. The highest BCUT2D eigenvalue weighted by molar-refractivity contribution is 7.92. The first-order chi connectivity index (χ1) is 22.1. The van der Waals surface area contributed by atoms with Gasteiger partial charge < -0.3 is 23.6 Å². The van der Waals surface area contributed by atoms with Crippen LogP contribution in [0, 0.1) is 5.82 Å². The molecule has 0 radical (unpaired) electrons. The van der Waals surface area contributed by atoms with E-state index in [1.807, 2.05) is 0 Å². The summed E-state index contributed by atoms with van der Waals surface area (Å²) in [7, 11) is 2.13. The normalized spacial score (nSPS) is 11.6. The molecule has 0 saturated heterocycles. The molecule has 0 atom stereocenters. The fraction of sp³-hybridized carbons (Fsp3) is 0.182. The first-order valence-electron chi connectivity index (χ1n) is 14.1. The van der Waals surface area contributed by atoms with Crippen LogP contribution >= 0.6 is 0 Å². The predicted molar refractivity (Wildman–Crippen MR) is 172 cm³/mol. The summed E-state index contributed by atoms with van der Waals surface area (Å²) in [6.07, 6.45) is 1.60. The maximum atomic E-state index is 13.8. The fourth-order valence-electron chi connectivity index (χ4n) is 5.29. The second-order valence-corrected chi connectivity index (χ2v) is 12.5. The maximum Gasteiger partial charge on any atom is 0.255 e. The number of ether oxygens (including phenoxy) is 2. The molecule has 0 unspecified atom stereocenters. The van der Waals surface area contributed by atoms with Gasteiger partial charge in [0.05, 0.1) is 36.8 Å². The van der Waals surface area contributed by atoms with Gasteiger partial charge in [-0.3, -0.25) is 9.10 Å². The summed E-state index contributed by atoms with van der Waals surface area (Å²) in [5, 5.41) is 3.05. The highest BCUT2D eigenvalue weighted by Gasteiger charge is 2.28. The van der Waals surface area contributed by atoms with E-state index in [0.29, 0.717) is 50.4 Å². The van der Waals surface area contributed by atoms with E-state index in [0.717, 1.165) is 0 Å². The van der Waals surface area contributed by atoms with Gasteiger partial charge in [-0.25, -0.2) is 17.8 Å². The highest BCUT2D eigenvalue weighted by Crippen LogP contribution is 2.46. The van der Waals surface area contributed by atoms with Gasteiger partial charge in [-0.2, -0.15) is 4.98 Å². The Bertz CT molecular complexity index is 2190. The van der Waals surface area contributed by atoms with Crippen LogP contribution in [-0.2, 0) is 10.0 Å². The van der Waals surface area contributed by atoms with E-state index < -0.39 is 21.7 Å². The summed E-state index contributed by atoms with van der Waals surface area (Å²) in [6.45, 7) is 1.54. The van der Waals surface area contributed by atoms with Crippen molar-refractivity contribution in [3.05, 3.63) is 78.2 Å². The van der Waals surface area contributed by atoms with Crippen LogP contribution < -0.4 is 19.1 Å². The molecule has 1 amide bonds. The fourth-order valence-corrected chi connectivity index (χ4v) is 6.12. The number of furan rings is 1. The number of sulfonamides is 1. The molecule has 0 bridgehead atoms. The van der Waals surface area contributed by atoms with Crippen LogP contribution in [0.25, 0.3) is 56.1 Å². The third kappa shape index (κ3) is 5.17. The van der Waals surface area contributed by atoms with Gasteiger partial charge >= 0.3 is 0 Å². The summed E-state index contributed by atoms with van der Waals surface area (Å²) < 4.78 is 65.1. The lowest BCUT2D eigenvalue weighted by Crippen LogP contribution is -2.28. The minimum absolute atomic E-state index is 0.170. The largest absolute Gasteiger partial charge is 0.493 e. The Morgan fingerprint density at radius 1 is 0.978 bits per heavy atom. The van der Waals surface area contributed by atoms with Gasteiger partial charge in [-0.05, 0) is 67.1 Å². The molecule has 13 heteroatoms. The molecule has 3 aromatic heterocycles. The Hall–Kier alpha value is -5.43. The first kappa shape index (κ1) is 30.6. The standard InChI is InChI=1S/C33H29FN4O7S/c1-6-46(40,41)38(3)24-17-26-22(28(32(39)35-2)29(44-26)18-9-11-20(34)12-10-18)16-21(24)19-14-23(30(43-5)27(15-19)42-4)33-37-31-25(45-33)8-7-13-36-31/h7-17H,6H2,1-5H3,(H,35,39). The van der Waals surface area contributed by atoms with Crippen molar-refractivity contribution >= 4 is 43.8 Å². The summed E-state index contributed by atoms with van der Waals surface area (Å²) >= 11 is 0.